The van der Waals surface area contributed by atoms with Gasteiger partial charge in [0, 0.05) is 6.61 Å². The van der Waals surface area contributed by atoms with Crippen molar-refractivity contribution >= 4 is 0 Å². The van der Waals surface area contributed by atoms with Crippen molar-refractivity contribution in [2.24, 2.45) is 11.8 Å². The highest BCUT2D eigenvalue weighted by molar-refractivity contribution is 5.14. The minimum Gasteiger partial charge on any atom is -0.390 e. The summed E-state index contributed by atoms with van der Waals surface area (Å²) in [4.78, 5) is 0. The summed E-state index contributed by atoms with van der Waals surface area (Å²) in [5.74, 6) is 1.25. The molecule has 1 N–H and O–H groups in total. The van der Waals surface area contributed by atoms with Gasteiger partial charge in [-0.15, -0.1) is 0 Å². The summed E-state index contributed by atoms with van der Waals surface area (Å²) < 4.78 is 5.79. The van der Waals surface area contributed by atoms with Crippen molar-refractivity contribution in [2.45, 2.75) is 44.8 Å². The molecule has 3 atom stereocenters. The molecular weight excluding hydrogens is 152 g/mol. The van der Waals surface area contributed by atoms with Crippen LogP contribution in [0.25, 0.3) is 0 Å². The fourth-order valence-electron chi connectivity index (χ4n) is 2.28. The Kier molecular flexibility index (Phi) is 1.92. The van der Waals surface area contributed by atoms with E-state index >= 15 is 0 Å². The van der Waals surface area contributed by atoms with Gasteiger partial charge in [0.25, 0.3) is 0 Å². The van der Waals surface area contributed by atoms with Crippen LogP contribution in [-0.4, -0.2) is 23.4 Å². The van der Waals surface area contributed by atoms with E-state index in [0.29, 0.717) is 11.8 Å². The minimum absolute atomic E-state index is 0.0930. The Morgan fingerprint density at radius 3 is 2.67 bits per heavy atom. The Morgan fingerprint density at radius 1 is 1.50 bits per heavy atom. The molecule has 0 amide bonds. The molecular formula is C10H18O2. The number of hydrogen-bond acceptors (Lipinski definition) is 2. The fraction of sp³-hybridized carbons (Fsp3) is 1.00. The summed E-state index contributed by atoms with van der Waals surface area (Å²) in [5.41, 5.74) is -0.0930. The Hall–Kier alpha value is -0.0800. The molecule has 2 aliphatic rings. The molecule has 0 aromatic heterocycles. The molecule has 0 bridgehead atoms. The minimum atomic E-state index is -0.179. The summed E-state index contributed by atoms with van der Waals surface area (Å²) in [6.45, 7) is 5.10. The molecule has 2 heteroatoms. The van der Waals surface area contributed by atoms with Crippen molar-refractivity contribution in [1.29, 1.82) is 0 Å². The molecule has 0 aliphatic heterocycles. The number of fused-ring (bicyclic) bond motifs is 1. The first-order valence-corrected chi connectivity index (χ1v) is 4.97. The third kappa shape index (κ3) is 1.17. The summed E-state index contributed by atoms with van der Waals surface area (Å²) in [6, 6.07) is 0. The normalized spacial score (nSPS) is 45.0. The van der Waals surface area contributed by atoms with Gasteiger partial charge in [-0.2, -0.15) is 0 Å². The van der Waals surface area contributed by atoms with Crippen molar-refractivity contribution < 1.29 is 9.84 Å². The summed E-state index contributed by atoms with van der Waals surface area (Å²) >= 11 is 0. The molecule has 12 heavy (non-hydrogen) atoms. The fourth-order valence-corrected chi connectivity index (χ4v) is 2.28. The molecule has 0 aromatic rings. The highest BCUT2D eigenvalue weighted by Gasteiger charge is 2.63. The van der Waals surface area contributed by atoms with Gasteiger partial charge in [0.05, 0.1) is 11.7 Å². The van der Waals surface area contributed by atoms with E-state index in [4.69, 9.17) is 4.74 Å². The predicted octanol–water partition coefficient (Wildman–Crippen LogP) is 1.57. The molecule has 0 saturated heterocycles. The third-order valence-electron chi connectivity index (χ3n) is 3.13. The zero-order valence-corrected chi connectivity index (χ0v) is 7.92. The van der Waals surface area contributed by atoms with Crippen LogP contribution in [-0.2, 0) is 4.74 Å². The second kappa shape index (κ2) is 2.71. The average Bonchev–Trinajstić information content (AvgIpc) is 2.65. The first kappa shape index (κ1) is 8.52. The first-order valence-electron chi connectivity index (χ1n) is 4.97. The highest BCUT2D eigenvalue weighted by Crippen LogP contribution is 2.58. The average molecular weight is 170 g/mol. The number of ether oxygens (including phenoxy) is 1. The van der Waals surface area contributed by atoms with Crippen LogP contribution in [0.4, 0.5) is 0 Å². The molecule has 2 rings (SSSR count). The maximum atomic E-state index is 9.68. The number of aliphatic hydroxyl groups is 1. The monoisotopic (exact) mass is 170 g/mol. The molecule has 2 saturated carbocycles. The van der Waals surface area contributed by atoms with Crippen molar-refractivity contribution in [1.82, 2.24) is 0 Å². The lowest BCUT2D eigenvalue weighted by Crippen LogP contribution is -2.30. The largest absolute Gasteiger partial charge is 0.390 e. The van der Waals surface area contributed by atoms with Gasteiger partial charge in [0.1, 0.15) is 0 Å². The van der Waals surface area contributed by atoms with Gasteiger partial charge < -0.3 is 9.84 Å². The lowest BCUT2D eigenvalue weighted by molar-refractivity contribution is -0.0591. The van der Waals surface area contributed by atoms with E-state index in [1.807, 2.05) is 0 Å². The Bertz CT molecular complexity index is 179. The van der Waals surface area contributed by atoms with Gasteiger partial charge in [-0.3, -0.25) is 0 Å². The third-order valence-corrected chi connectivity index (χ3v) is 3.13. The van der Waals surface area contributed by atoms with Crippen molar-refractivity contribution in [3.63, 3.8) is 0 Å². The van der Waals surface area contributed by atoms with Crippen molar-refractivity contribution in [2.75, 3.05) is 6.61 Å². The van der Waals surface area contributed by atoms with Crippen molar-refractivity contribution in [3.8, 4) is 0 Å². The van der Waals surface area contributed by atoms with E-state index in [0.717, 1.165) is 19.4 Å². The van der Waals surface area contributed by atoms with E-state index in [-0.39, 0.29) is 11.7 Å². The smallest absolute Gasteiger partial charge is 0.0972 e. The van der Waals surface area contributed by atoms with Gasteiger partial charge in [0.15, 0.2) is 0 Å². The lowest BCUT2D eigenvalue weighted by Gasteiger charge is -2.20. The molecule has 70 valence electrons. The van der Waals surface area contributed by atoms with E-state index in [1.54, 1.807) is 0 Å². The van der Waals surface area contributed by atoms with Gasteiger partial charge in [-0.1, -0.05) is 13.8 Å². The number of hydrogen-bond donors (Lipinski definition) is 1. The topological polar surface area (TPSA) is 29.5 Å². The lowest BCUT2D eigenvalue weighted by atomic mass is 10.2. The second-order valence-electron chi connectivity index (χ2n) is 4.65. The SMILES string of the molecule is CC(C)CO[C@]12C[C@H]1CC[C@@H]2O. The molecule has 0 spiro atoms. The molecule has 2 fully saturated rings. The number of aliphatic hydroxyl groups excluding tert-OH is 1. The Labute approximate surface area is 73.9 Å². The standard InChI is InChI=1S/C10H18O2/c1-7(2)6-12-10-5-8(10)3-4-9(10)11/h7-9,11H,3-6H2,1-2H3/t8-,9+,10-/m1/s1. The van der Waals surface area contributed by atoms with Crippen LogP contribution in [0.2, 0.25) is 0 Å². The molecule has 2 nitrogen and oxygen atoms in total. The van der Waals surface area contributed by atoms with Crippen LogP contribution in [0.1, 0.15) is 33.1 Å². The van der Waals surface area contributed by atoms with Gasteiger partial charge >= 0.3 is 0 Å². The molecule has 0 heterocycles. The molecule has 2 aliphatic carbocycles. The molecule has 0 radical (unpaired) electrons. The second-order valence-corrected chi connectivity index (χ2v) is 4.65. The quantitative estimate of drug-likeness (QED) is 0.696. The van der Waals surface area contributed by atoms with Crippen LogP contribution in [0.5, 0.6) is 0 Å². The van der Waals surface area contributed by atoms with Gasteiger partial charge in [0.2, 0.25) is 0 Å². The van der Waals surface area contributed by atoms with E-state index in [9.17, 15) is 5.11 Å². The number of rotatable bonds is 3. The zero-order chi connectivity index (χ0) is 8.77. The van der Waals surface area contributed by atoms with Crippen LogP contribution in [0, 0.1) is 11.8 Å². The maximum Gasteiger partial charge on any atom is 0.0972 e. The Balaban J connectivity index is 1.87. The Morgan fingerprint density at radius 2 is 2.25 bits per heavy atom. The van der Waals surface area contributed by atoms with Crippen LogP contribution < -0.4 is 0 Å². The molecule has 0 aromatic carbocycles. The summed E-state index contributed by atoms with van der Waals surface area (Å²) in [5, 5.41) is 9.68. The van der Waals surface area contributed by atoms with E-state index < -0.39 is 0 Å². The van der Waals surface area contributed by atoms with E-state index in [2.05, 4.69) is 13.8 Å². The summed E-state index contributed by atoms with van der Waals surface area (Å²) in [6.07, 6.45) is 3.03. The van der Waals surface area contributed by atoms with Crippen LogP contribution >= 0.6 is 0 Å². The molecule has 0 unspecified atom stereocenters. The zero-order valence-electron chi connectivity index (χ0n) is 7.92. The van der Waals surface area contributed by atoms with Crippen LogP contribution in [0.3, 0.4) is 0 Å². The van der Waals surface area contributed by atoms with Gasteiger partial charge in [-0.25, -0.2) is 0 Å². The maximum absolute atomic E-state index is 9.68. The van der Waals surface area contributed by atoms with Crippen LogP contribution in [0.15, 0.2) is 0 Å². The highest BCUT2D eigenvalue weighted by atomic mass is 16.5. The first-order chi connectivity index (χ1) is 5.65. The van der Waals surface area contributed by atoms with Crippen molar-refractivity contribution in [3.05, 3.63) is 0 Å². The predicted molar refractivity (Wildman–Crippen MR) is 46.9 cm³/mol. The van der Waals surface area contributed by atoms with Gasteiger partial charge in [-0.05, 0) is 31.1 Å². The summed E-state index contributed by atoms with van der Waals surface area (Å²) in [7, 11) is 0. The van der Waals surface area contributed by atoms with E-state index in [1.165, 1.54) is 6.42 Å².